The van der Waals surface area contributed by atoms with Crippen molar-refractivity contribution in [2.75, 3.05) is 7.05 Å². The lowest BCUT2D eigenvalue weighted by atomic mass is 9.98. The van der Waals surface area contributed by atoms with E-state index in [1.807, 2.05) is 6.07 Å². The maximum absolute atomic E-state index is 13.9. The van der Waals surface area contributed by atoms with E-state index in [9.17, 15) is 4.39 Å². The summed E-state index contributed by atoms with van der Waals surface area (Å²) in [6.07, 6.45) is 0.406. The van der Waals surface area contributed by atoms with Gasteiger partial charge in [0, 0.05) is 26.7 Å². The summed E-state index contributed by atoms with van der Waals surface area (Å²) in [5.74, 6) is -0.317. The summed E-state index contributed by atoms with van der Waals surface area (Å²) >= 11 is 18.1. The molecule has 2 rings (SSSR count). The smallest absolute Gasteiger partial charge is 0.127 e. The van der Waals surface area contributed by atoms with Crippen LogP contribution in [0.3, 0.4) is 0 Å². The van der Waals surface area contributed by atoms with Gasteiger partial charge in [0.15, 0.2) is 0 Å². The highest BCUT2D eigenvalue weighted by Crippen LogP contribution is 2.30. The van der Waals surface area contributed by atoms with Crippen molar-refractivity contribution in [1.82, 2.24) is 5.32 Å². The van der Waals surface area contributed by atoms with Gasteiger partial charge in [0.05, 0.1) is 0 Å². The highest BCUT2D eigenvalue weighted by molar-refractivity contribution is 6.35. The third kappa shape index (κ3) is 3.44. The molecule has 0 aliphatic rings. The molecule has 106 valence electrons. The molecule has 2 aromatic rings. The molecule has 1 N–H and O–H groups in total. The Morgan fingerprint density at radius 3 is 2.45 bits per heavy atom. The molecule has 0 aromatic heterocycles. The Balaban J connectivity index is 2.34. The third-order valence-corrected chi connectivity index (χ3v) is 4.07. The topological polar surface area (TPSA) is 12.0 Å². The van der Waals surface area contributed by atoms with Gasteiger partial charge in [-0.1, -0.05) is 46.9 Å². The van der Waals surface area contributed by atoms with Crippen LogP contribution in [0.15, 0.2) is 36.4 Å². The SMILES string of the molecule is CNC(Cc1c(F)cccc1Cl)c1ccc(Cl)cc1Cl. The van der Waals surface area contributed by atoms with E-state index in [-0.39, 0.29) is 11.9 Å². The lowest BCUT2D eigenvalue weighted by molar-refractivity contribution is 0.554. The first-order chi connectivity index (χ1) is 9.52. The second-order valence-corrected chi connectivity index (χ2v) is 5.66. The van der Waals surface area contributed by atoms with Gasteiger partial charge in [-0.3, -0.25) is 0 Å². The van der Waals surface area contributed by atoms with Gasteiger partial charge in [-0.2, -0.15) is 0 Å². The van der Waals surface area contributed by atoms with E-state index < -0.39 is 0 Å². The van der Waals surface area contributed by atoms with Crippen LogP contribution in [-0.4, -0.2) is 7.05 Å². The van der Waals surface area contributed by atoms with Crippen LogP contribution in [0.25, 0.3) is 0 Å². The molecule has 5 heteroatoms. The van der Waals surface area contributed by atoms with E-state index in [2.05, 4.69) is 5.32 Å². The molecule has 0 heterocycles. The van der Waals surface area contributed by atoms with Crippen molar-refractivity contribution >= 4 is 34.8 Å². The van der Waals surface area contributed by atoms with Gasteiger partial charge in [-0.25, -0.2) is 4.39 Å². The maximum Gasteiger partial charge on any atom is 0.127 e. The number of benzene rings is 2. The van der Waals surface area contributed by atoms with Gasteiger partial charge in [0.1, 0.15) is 5.82 Å². The first-order valence-corrected chi connectivity index (χ1v) is 7.21. The van der Waals surface area contributed by atoms with Gasteiger partial charge < -0.3 is 5.32 Å². The number of hydrogen-bond acceptors (Lipinski definition) is 1. The van der Waals surface area contributed by atoms with Crippen molar-refractivity contribution in [1.29, 1.82) is 0 Å². The fraction of sp³-hybridized carbons (Fsp3) is 0.200. The fourth-order valence-corrected chi connectivity index (χ4v) is 2.86. The average Bonchev–Trinajstić information content (AvgIpc) is 2.40. The lowest BCUT2D eigenvalue weighted by Gasteiger charge is -2.19. The molecule has 0 spiro atoms. The number of rotatable bonds is 4. The first-order valence-electron chi connectivity index (χ1n) is 6.08. The minimum absolute atomic E-state index is 0.144. The van der Waals surface area contributed by atoms with Crippen molar-refractivity contribution in [2.24, 2.45) is 0 Å². The maximum atomic E-state index is 13.9. The third-order valence-electron chi connectivity index (χ3n) is 3.16. The number of hydrogen-bond donors (Lipinski definition) is 1. The second kappa shape index (κ2) is 6.77. The van der Waals surface area contributed by atoms with Crippen LogP contribution >= 0.6 is 34.8 Å². The molecule has 1 nitrogen and oxygen atoms in total. The van der Waals surface area contributed by atoms with Crippen LogP contribution < -0.4 is 5.32 Å². The summed E-state index contributed by atoms with van der Waals surface area (Å²) in [6, 6.07) is 9.79. The van der Waals surface area contributed by atoms with Crippen LogP contribution in [0.4, 0.5) is 4.39 Å². The van der Waals surface area contributed by atoms with E-state index >= 15 is 0 Å². The van der Waals surface area contributed by atoms with Crippen LogP contribution in [0.5, 0.6) is 0 Å². The van der Waals surface area contributed by atoms with Crippen molar-refractivity contribution in [3.63, 3.8) is 0 Å². The Morgan fingerprint density at radius 2 is 1.85 bits per heavy atom. The first kappa shape index (κ1) is 15.6. The second-order valence-electron chi connectivity index (χ2n) is 4.41. The fourth-order valence-electron chi connectivity index (χ4n) is 2.08. The summed E-state index contributed by atoms with van der Waals surface area (Å²) in [4.78, 5) is 0. The molecule has 1 atom stereocenters. The van der Waals surface area contributed by atoms with Crippen LogP contribution in [0.2, 0.25) is 15.1 Å². The average molecular weight is 333 g/mol. The van der Waals surface area contributed by atoms with Crippen molar-refractivity contribution in [3.8, 4) is 0 Å². The molecule has 0 saturated heterocycles. The predicted octanol–water partition coefficient (Wildman–Crippen LogP) is 5.29. The summed E-state index contributed by atoms with van der Waals surface area (Å²) in [5.41, 5.74) is 1.33. The van der Waals surface area contributed by atoms with Gasteiger partial charge in [-0.05, 0) is 43.3 Å². The number of halogens is 4. The van der Waals surface area contributed by atoms with Gasteiger partial charge in [-0.15, -0.1) is 0 Å². The van der Waals surface area contributed by atoms with E-state index in [1.165, 1.54) is 6.07 Å². The van der Waals surface area contributed by atoms with E-state index in [0.29, 0.717) is 27.1 Å². The van der Waals surface area contributed by atoms with E-state index in [1.54, 1.807) is 31.3 Å². The minimum Gasteiger partial charge on any atom is -0.313 e. The summed E-state index contributed by atoms with van der Waals surface area (Å²) < 4.78 is 13.9. The molecule has 0 radical (unpaired) electrons. The molecule has 0 aliphatic carbocycles. The highest BCUT2D eigenvalue weighted by atomic mass is 35.5. The van der Waals surface area contributed by atoms with Crippen LogP contribution in [0.1, 0.15) is 17.2 Å². The molecular weight excluding hydrogens is 320 g/mol. The molecule has 20 heavy (non-hydrogen) atoms. The quantitative estimate of drug-likeness (QED) is 0.802. The number of nitrogens with one attached hydrogen (secondary N) is 1. The normalized spacial score (nSPS) is 12.4. The Bertz CT molecular complexity index is 596. The Kier molecular flexibility index (Phi) is 5.28. The zero-order chi connectivity index (χ0) is 14.7. The molecule has 0 saturated carbocycles. The zero-order valence-corrected chi connectivity index (χ0v) is 13.0. The van der Waals surface area contributed by atoms with Gasteiger partial charge in [0.2, 0.25) is 0 Å². The molecule has 0 fully saturated rings. The summed E-state index contributed by atoms with van der Waals surface area (Å²) in [5, 5.41) is 4.65. The Morgan fingerprint density at radius 1 is 1.10 bits per heavy atom. The van der Waals surface area contributed by atoms with Crippen molar-refractivity contribution in [2.45, 2.75) is 12.5 Å². The minimum atomic E-state index is -0.317. The van der Waals surface area contributed by atoms with E-state index in [4.69, 9.17) is 34.8 Å². The lowest BCUT2D eigenvalue weighted by Crippen LogP contribution is -2.20. The Labute approximate surface area is 132 Å². The zero-order valence-electron chi connectivity index (χ0n) is 10.8. The van der Waals surface area contributed by atoms with Crippen molar-refractivity contribution < 1.29 is 4.39 Å². The molecule has 0 aliphatic heterocycles. The summed E-state index contributed by atoms with van der Waals surface area (Å²) in [7, 11) is 1.80. The number of likely N-dealkylation sites (N-methyl/N-ethyl adjacent to an activating group) is 1. The largest absolute Gasteiger partial charge is 0.313 e. The standard InChI is InChI=1S/C15H13Cl3FN/c1-20-15(10-6-5-9(16)7-13(10)18)8-11-12(17)3-2-4-14(11)19/h2-7,15,20H,8H2,1H3. The molecule has 0 bridgehead atoms. The molecule has 0 amide bonds. The summed E-state index contributed by atoms with van der Waals surface area (Å²) in [6.45, 7) is 0. The van der Waals surface area contributed by atoms with Crippen LogP contribution in [-0.2, 0) is 6.42 Å². The Hall–Kier alpha value is -0.800. The predicted molar refractivity (Wildman–Crippen MR) is 83.4 cm³/mol. The van der Waals surface area contributed by atoms with Gasteiger partial charge >= 0.3 is 0 Å². The monoisotopic (exact) mass is 331 g/mol. The van der Waals surface area contributed by atoms with Crippen molar-refractivity contribution in [3.05, 3.63) is 68.4 Å². The highest BCUT2D eigenvalue weighted by Gasteiger charge is 2.17. The molecule has 1 unspecified atom stereocenters. The van der Waals surface area contributed by atoms with Gasteiger partial charge in [0.25, 0.3) is 0 Å². The molecule has 2 aromatic carbocycles. The molecular formula is C15H13Cl3FN. The van der Waals surface area contributed by atoms with Crippen LogP contribution in [0, 0.1) is 5.82 Å². The van der Waals surface area contributed by atoms with E-state index in [0.717, 1.165) is 5.56 Å².